The van der Waals surface area contributed by atoms with Gasteiger partial charge in [-0.25, -0.2) is 4.39 Å². The first-order chi connectivity index (χ1) is 7.19. The Hall–Kier alpha value is -1.10. The van der Waals surface area contributed by atoms with Crippen LogP contribution >= 0.6 is 11.8 Å². The number of rotatable bonds is 5. The monoisotopic (exact) mass is 230 g/mol. The van der Waals surface area contributed by atoms with E-state index in [9.17, 15) is 4.39 Å². The van der Waals surface area contributed by atoms with Crippen molar-refractivity contribution in [3.63, 3.8) is 0 Å². The minimum absolute atomic E-state index is 0.311. The maximum Gasteiger partial charge on any atom is 0.148 e. The van der Waals surface area contributed by atoms with E-state index in [0.717, 1.165) is 5.75 Å². The highest BCUT2D eigenvalue weighted by molar-refractivity contribution is 7.98. The van der Waals surface area contributed by atoms with Crippen LogP contribution < -0.4 is 15.8 Å². The summed E-state index contributed by atoms with van der Waals surface area (Å²) in [7, 11) is 1.51. The van der Waals surface area contributed by atoms with Crippen LogP contribution in [0.15, 0.2) is 12.1 Å². The van der Waals surface area contributed by atoms with Crippen LogP contribution in [0.25, 0.3) is 0 Å². The number of halogens is 1. The van der Waals surface area contributed by atoms with Gasteiger partial charge >= 0.3 is 0 Å². The van der Waals surface area contributed by atoms with Gasteiger partial charge in [-0.2, -0.15) is 11.8 Å². The first-order valence-corrected chi connectivity index (χ1v) is 5.94. The largest absolute Gasteiger partial charge is 0.495 e. The molecule has 1 rings (SSSR count). The summed E-state index contributed by atoms with van der Waals surface area (Å²) in [5.74, 6) is 1.06. The zero-order chi connectivity index (χ0) is 11.3. The van der Waals surface area contributed by atoms with Crippen LogP contribution in [-0.2, 0) is 0 Å². The summed E-state index contributed by atoms with van der Waals surface area (Å²) in [6.07, 6.45) is 2.00. The van der Waals surface area contributed by atoms with Crippen LogP contribution in [0.4, 0.5) is 15.8 Å². The second kappa shape index (κ2) is 5.70. The highest BCUT2D eigenvalue weighted by atomic mass is 32.2. The first-order valence-electron chi connectivity index (χ1n) is 4.55. The Morgan fingerprint density at radius 1 is 1.53 bits per heavy atom. The molecule has 0 spiro atoms. The van der Waals surface area contributed by atoms with Crippen molar-refractivity contribution in [1.82, 2.24) is 0 Å². The number of nitrogens with two attached hydrogens (primary N) is 1. The Labute approximate surface area is 93.2 Å². The van der Waals surface area contributed by atoms with Gasteiger partial charge in [-0.3, -0.25) is 0 Å². The van der Waals surface area contributed by atoms with E-state index in [4.69, 9.17) is 10.5 Å². The van der Waals surface area contributed by atoms with Crippen LogP contribution in [0, 0.1) is 5.82 Å². The van der Waals surface area contributed by atoms with Crippen molar-refractivity contribution < 1.29 is 9.13 Å². The quantitative estimate of drug-likeness (QED) is 0.601. The van der Waals surface area contributed by atoms with Gasteiger partial charge in [0.15, 0.2) is 0 Å². The zero-order valence-corrected chi connectivity index (χ0v) is 9.66. The summed E-state index contributed by atoms with van der Waals surface area (Å²) < 4.78 is 18.4. The van der Waals surface area contributed by atoms with Gasteiger partial charge in [0.2, 0.25) is 0 Å². The maximum absolute atomic E-state index is 13.4. The number of nitrogens with one attached hydrogen (secondary N) is 1. The summed E-state index contributed by atoms with van der Waals surface area (Å²) in [4.78, 5) is 0. The van der Waals surface area contributed by atoms with Gasteiger partial charge < -0.3 is 15.8 Å². The molecule has 0 bridgehead atoms. The lowest BCUT2D eigenvalue weighted by Gasteiger charge is -2.10. The molecule has 3 nitrogen and oxygen atoms in total. The predicted molar refractivity (Wildman–Crippen MR) is 64.2 cm³/mol. The van der Waals surface area contributed by atoms with Crippen molar-refractivity contribution in [2.45, 2.75) is 0 Å². The fourth-order valence-corrected chi connectivity index (χ4v) is 1.47. The SMILES string of the molecule is COc1cc(NCCSC)c(F)cc1N. The lowest BCUT2D eigenvalue weighted by molar-refractivity contribution is 0.416. The van der Waals surface area contributed by atoms with Crippen molar-refractivity contribution in [2.24, 2.45) is 0 Å². The number of anilines is 2. The number of methoxy groups -OCH3 is 1. The average Bonchev–Trinajstić information content (AvgIpc) is 2.21. The summed E-state index contributed by atoms with van der Waals surface area (Å²) in [5.41, 5.74) is 6.30. The van der Waals surface area contributed by atoms with Crippen LogP contribution in [0.2, 0.25) is 0 Å². The summed E-state index contributed by atoms with van der Waals surface area (Å²) >= 11 is 1.70. The Kier molecular flexibility index (Phi) is 4.55. The number of hydrogen-bond donors (Lipinski definition) is 2. The van der Waals surface area contributed by atoms with E-state index in [1.54, 1.807) is 17.8 Å². The van der Waals surface area contributed by atoms with Gasteiger partial charge in [0.05, 0.1) is 18.5 Å². The van der Waals surface area contributed by atoms with Gasteiger partial charge in [0.25, 0.3) is 0 Å². The third-order valence-electron chi connectivity index (χ3n) is 1.94. The second-order valence-corrected chi connectivity index (χ2v) is 3.98. The highest BCUT2D eigenvalue weighted by Crippen LogP contribution is 2.28. The fraction of sp³-hybridized carbons (Fsp3) is 0.400. The highest BCUT2D eigenvalue weighted by Gasteiger charge is 2.07. The topological polar surface area (TPSA) is 47.3 Å². The molecule has 0 saturated carbocycles. The Bertz CT molecular complexity index is 333. The van der Waals surface area contributed by atoms with Crippen molar-refractivity contribution >= 4 is 23.1 Å². The molecule has 15 heavy (non-hydrogen) atoms. The van der Waals surface area contributed by atoms with Crippen LogP contribution in [0.1, 0.15) is 0 Å². The van der Waals surface area contributed by atoms with E-state index in [0.29, 0.717) is 23.7 Å². The number of hydrogen-bond acceptors (Lipinski definition) is 4. The van der Waals surface area contributed by atoms with E-state index in [1.807, 2.05) is 6.26 Å². The van der Waals surface area contributed by atoms with Gasteiger partial charge in [-0.15, -0.1) is 0 Å². The molecule has 0 amide bonds. The molecule has 0 atom stereocenters. The number of thioether (sulfide) groups is 1. The van der Waals surface area contributed by atoms with Gasteiger partial charge in [0.1, 0.15) is 11.6 Å². The zero-order valence-electron chi connectivity index (χ0n) is 8.84. The summed E-state index contributed by atoms with van der Waals surface area (Å²) in [6, 6.07) is 2.84. The van der Waals surface area contributed by atoms with E-state index in [1.165, 1.54) is 13.2 Å². The predicted octanol–water partition coefficient (Wildman–Crippen LogP) is 2.19. The van der Waals surface area contributed by atoms with Crippen LogP contribution in [0.5, 0.6) is 5.75 Å². The molecule has 0 radical (unpaired) electrons. The smallest absolute Gasteiger partial charge is 0.148 e. The normalized spacial score (nSPS) is 10.1. The Morgan fingerprint density at radius 2 is 2.27 bits per heavy atom. The molecule has 0 aliphatic heterocycles. The molecule has 0 heterocycles. The Morgan fingerprint density at radius 3 is 2.87 bits per heavy atom. The second-order valence-electron chi connectivity index (χ2n) is 2.99. The van der Waals surface area contributed by atoms with Gasteiger partial charge in [-0.1, -0.05) is 0 Å². The molecule has 0 saturated heterocycles. The van der Waals surface area contributed by atoms with Crippen molar-refractivity contribution in [3.8, 4) is 5.75 Å². The molecule has 3 N–H and O–H groups in total. The molecule has 5 heteroatoms. The maximum atomic E-state index is 13.4. The molecular weight excluding hydrogens is 215 g/mol. The van der Waals surface area contributed by atoms with E-state index in [2.05, 4.69) is 5.32 Å². The molecule has 1 aromatic rings. The van der Waals surface area contributed by atoms with Gasteiger partial charge in [-0.05, 0) is 6.26 Å². The Balaban J connectivity index is 2.78. The molecular formula is C10H15FN2OS. The molecule has 1 aromatic carbocycles. The minimum Gasteiger partial charge on any atom is -0.495 e. The summed E-state index contributed by atoms with van der Waals surface area (Å²) in [6.45, 7) is 0.713. The van der Waals surface area contributed by atoms with Crippen LogP contribution in [-0.4, -0.2) is 25.7 Å². The number of nitrogen functional groups attached to an aromatic ring is 1. The van der Waals surface area contributed by atoms with Crippen molar-refractivity contribution in [1.29, 1.82) is 0 Å². The van der Waals surface area contributed by atoms with E-state index >= 15 is 0 Å². The molecule has 0 unspecified atom stereocenters. The average molecular weight is 230 g/mol. The molecule has 0 aliphatic carbocycles. The minimum atomic E-state index is -0.352. The molecule has 84 valence electrons. The standard InChI is InChI=1S/C10H15FN2OS/c1-14-10-6-9(13-3-4-15-2)7(11)5-8(10)12/h5-6,13H,3-4,12H2,1-2H3. The molecule has 0 aliphatic rings. The van der Waals surface area contributed by atoms with Gasteiger partial charge in [0, 0.05) is 24.4 Å². The third kappa shape index (κ3) is 3.20. The lowest BCUT2D eigenvalue weighted by Crippen LogP contribution is -2.06. The number of benzene rings is 1. The van der Waals surface area contributed by atoms with E-state index < -0.39 is 0 Å². The van der Waals surface area contributed by atoms with Crippen molar-refractivity contribution in [3.05, 3.63) is 17.9 Å². The van der Waals surface area contributed by atoms with E-state index in [-0.39, 0.29) is 5.82 Å². The van der Waals surface area contributed by atoms with Crippen molar-refractivity contribution in [2.75, 3.05) is 36.7 Å². The van der Waals surface area contributed by atoms with Crippen LogP contribution in [0.3, 0.4) is 0 Å². The fourth-order valence-electron chi connectivity index (χ4n) is 1.17. The summed E-state index contributed by atoms with van der Waals surface area (Å²) in [5, 5.41) is 2.98. The molecule has 0 fully saturated rings. The lowest BCUT2D eigenvalue weighted by atomic mass is 10.2. The molecule has 0 aromatic heterocycles. The number of ether oxygens (including phenoxy) is 1. The first kappa shape index (κ1) is 12.0. The third-order valence-corrected chi connectivity index (χ3v) is 2.55.